The Bertz CT molecular complexity index is 1020. The van der Waals surface area contributed by atoms with Gasteiger partial charge in [-0.25, -0.2) is 0 Å². The van der Waals surface area contributed by atoms with Crippen molar-refractivity contribution in [1.29, 1.82) is 0 Å². The highest BCUT2D eigenvalue weighted by Gasteiger charge is 2.25. The topological polar surface area (TPSA) is 111 Å². The van der Waals surface area contributed by atoms with Crippen molar-refractivity contribution in [3.63, 3.8) is 0 Å². The van der Waals surface area contributed by atoms with Crippen LogP contribution in [-0.4, -0.2) is 46.6 Å². The van der Waals surface area contributed by atoms with Crippen molar-refractivity contribution in [2.45, 2.75) is 43.7 Å². The van der Waals surface area contributed by atoms with E-state index in [2.05, 4.69) is 31.0 Å². The van der Waals surface area contributed by atoms with Gasteiger partial charge in [0.25, 0.3) is 5.91 Å². The van der Waals surface area contributed by atoms with Crippen LogP contribution in [0.2, 0.25) is 0 Å². The molecule has 3 aromatic rings. The highest BCUT2D eigenvalue weighted by atomic mass is 32.1. The Labute approximate surface area is 190 Å². The molecule has 1 aliphatic rings. The quantitative estimate of drug-likeness (QED) is 0.529. The molecule has 0 unspecified atom stereocenters. The van der Waals surface area contributed by atoms with Crippen molar-refractivity contribution in [3.05, 3.63) is 53.9 Å². The summed E-state index contributed by atoms with van der Waals surface area (Å²) in [6.07, 6.45) is 5.06. The third kappa shape index (κ3) is 5.38. The van der Waals surface area contributed by atoms with E-state index in [1.165, 1.54) is 18.4 Å². The number of aromatic nitrogens is 4. The van der Waals surface area contributed by atoms with Crippen molar-refractivity contribution in [2.75, 3.05) is 24.9 Å². The van der Waals surface area contributed by atoms with Crippen molar-refractivity contribution in [2.24, 2.45) is 0 Å². The molecule has 168 valence electrons. The zero-order valence-electron chi connectivity index (χ0n) is 18.0. The number of hydrogen-bond acceptors (Lipinski definition) is 9. The number of nitrogens with zero attached hydrogens (tertiary/aromatic N) is 4. The lowest BCUT2D eigenvalue weighted by atomic mass is 9.84. The number of carbonyl (C=O) groups excluding carboxylic acids is 1. The number of rotatable bonds is 8. The van der Waals surface area contributed by atoms with Crippen LogP contribution in [0.5, 0.6) is 5.75 Å². The lowest BCUT2D eigenvalue weighted by Gasteiger charge is -2.28. The largest absolute Gasteiger partial charge is 0.497 e. The minimum absolute atomic E-state index is 0.312. The van der Waals surface area contributed by atoms with Gasteiger partial charge in [-0.05, 0) is 55.5 Å². The number of hydrogen-bond donors (Lipinski definition) is 2. The molecule has 2 heterocycles. The molecule has 1 aromatic carbocycles. The molecule has 0 bridgehead atoms. The van der Waals surface area contributed by atoms with Gasteiger partial charge >= 0.3 is 0 Å². The molecule has 1 fully saturated rings. The van der Waals surface area contributed by atoms with E-state index in [1.807, 2.05) is 30.3 Å². The number of methoxy groups -OCH3 is 2. The average Bonchev–Trinajstić information content (AvgIpc) is 3.27. The molecule has 2 aromatic heterocycles. The van der Waals surface area contributed by atoms with Gasteiger partial charge < -0.3 is 14.8 Å². The SMILES string of the molecule is COc1cccc([C@H](OC)C(=O)Nc2nnc(N[C@H]3CC[C@@H](c4cccnn4)CC3)s2)c1. The molecule has 0 aliphatic heterocycles. The van der Waals surface area contributed by atoms with Gasteiger partial charge in [-0.1, -0.05) is 23.5 Å². The first-order valence-electron chi connectivity index (χ1n) is 10.5. The minimum atomic E-state index is -0.776. The first kappa shape index (κ1) is 22.1. The van der Waals surface area contributed by atoms with E-state index in [0.717, 1.165) is 31.4 Å². The zero-order chi connectivity index (χ0) is 22.3. The van der Waals surface area contributed by atoms with Crippen LogP contribution in [0.3, 0.4) is 0 Å². The summed E-state index contributed by atoms with van der Waals surface area (Å²) in [6, 6.07) is 11.5. The standard InChI is InChI=1S/C22H26N6O3S/c1-30-17-6-3-5-15(13-17)19(31-2)20(29)25-22-28-27-21(32-22)24-16-10-8-14(9-11-16)18-7-4-12-23-26-18/h3-7,12-14,16,19H,8-11H2,1-2H3,(H,24,27)(H,25,28,29)/t14-,16+,19-/m0/s1. The Morgan fingerprint density at radius 2 is 1.88 bits per heavy atom. The van der Waals surface area contributed by atoms with Crippen LogP contribution in [0.1, 0.15) is 49.0 Å². The lowest BCUT2D eigenvalue weighted by molar-refractivity contribution is -0.126. The van der Waals surface area contributed by atoms with Crippen molar-refractivity contribution in [3.8, 4) is 5.75 Å². The molecule has 1 atom stereocenters. The molecule has 1 saturated carbocycles. The van der Waals surface area contributed by atoms with E-state index in [-0.39, 0.29) is 5.91 Å². The molecular weight excluding hydrogens is 428 g/mol. The van der Waals surface area contributed by atoms with Crippen LogP contribution >= 0.6 is 11.3 Å². The number of ether oxygens (including phenoxy) is 2. The number of benzene rings is 1. The number of anilines is 2. The summed E-state index contributed by atoms with van der Waals surface area (Å²) >= 11 is 1.31. The maximum absolute atomic E-state index is 12.7. The van der Waals surface area contributed by atoms with Crippen LogP contribution < -0.4 is 15.4 Å². The molecule has 32 heavy (non-hydrogen) atoms. The fraction of sp³-hybridized carbons (Fsp3) is 0.409. The summed E-state index contributed by atoms with van der Waals surface area (Å²) in [5.74, 6) is 0.801. The second-order valence-corrected chi connectivity index (χ2v) is 8.61. The highest BCUT2D eigenvalue weighted by Crippen LogP contribution is 2.33. The smallest absolute Gasteiger partial charge is 0.259 e. The summed E-state index contributed by atoms with van der Waals surface area (Å²) in [4.78, 5) is 12.7. The zero-order valence-corrected chi connectivity index (χ0v) is 18.8. The van der Waals surface area contributed by atoms with Gasteiger partial charge in [-0.15, -0.1) is 10.2 Å². The summed E-state index contributed by atoms with van der Waals surface area (Å²) in [5, 5.41) is 23.9. The normalized spacial score (nSPS) is 19.2. The van der Waals surface area contributed by atoms with Gasteiger partial charge in [0.1, 0.15) is 5.75 Å². The van der Waals surface area contributed by atoms with Crippen LogP contribution in [0.4, 0.5) is 10.3 Å². The Morgan fingerprint density at radius 1 is 1.06 bits per heavy atom. The second kappa shape index (κ2) is 10.5. The molecule has 1 aliphatic carbocycles. The van der Waals surface area contributed by atoms with E-state index in [0.29, 0.717) is 33.5 Å². The third-order valence-electron chi connectivity index (χ3n) is 5.59. The van der Waals surface area contributed by atoms with Gasteiger partial charge in [0.05, 0.1) is 12.8 Å². The van der Waals surface area contributed by atoms with Gasteiger partial charge in [-0.3, -0.25) is 10.1 Å². The average molecular weight is 455 g/mol. The van der Waals surface area contributed by atoms with E-state index < -0.39 is 6.10 Å². The van der Waals surface area contributed by atoms with E-state index >= 15 is 0 Å². The summed E-state index contributed by atoms with van der Waals surface area (Å²) < 4.78 is 10.6. The maximum Gasteiger partial charge on any atom is 0.259 e. The molecule has 4 rings (SSSR count). The molecule has 1 amide bonds. The predicted octanol–water partition coefficient (Wildman–Crippen LogP) is 3.80. The van der Waals surface area contributed by atoms with Gasteiger partial charge in [0.2, 0.25) is 10.3 Å². The van der Waals surface area contributed by atoms with Crippen molar-refractivity contribution < 1.29 is 14.3 Å². The van der Waals surface area contributed by atoms with E-state index in [9.17, 15) is 4.79 Å². The Kier molecular flexibility index (Phi) is 7.23. The third-order valence-corrected chi connectivity index (χ3v) is 6.36. The molecule has 0 spiro atoms. The highest BCUT2D eigenvalue weighted by molar-refractivity contribution is 7.19. The van der Waals surface area contributed by atoms with E-state index in [4.69, 9.17) is 9.47 Å². The van der Waals surface area contributed by atoms with Gasteiger partial charge in [-0.2, -0.15) is 10.2 Å². The monoisotopic (exact) mass is 454 g/mol. The summed E-state index contributed by atoms with van der Waals surface area (Å²) in [7, 11) is 3.08. The first-order valence-corrected chi connectivity index (χ1v) is 11.3. The van der Waals surface area contributed by atoms with Gasteiger partial charge in [0.15, 0.2) is 6.10 Å². The maximum atomic E-state index is 12.7. The predicted molar refractivity (Wildman–Crippen MR) is 122 cm³/mol. The Hall–Kier alpha value is -3.11. The minimum Gasteiger partial charge on any atom is -0.497 e. The van der Waals surface area contributed by atoms with Crippen LogP contribution in [0.15, 0.2) is 42.6 Å². The summed E-state index contributed by atoms with van der Waals surface area (Å²) in [6.45, 7) is 0. The van der Waals surface area contributed by atoms with E-state index in [1.54, 1.807) is 19.4 Å². The van der Waals surface area contributed by atoms with Crippen LogP contribution in [-0.2, 0) is 9.53 Å². The van der Waals surface area contributed by atoms with Crippen LogP contribution in [0, 0.1) is 0 Å². The summed E-state index contributed by atoms with van der Waals surface area (Å²) in [5.41, 5.74) is 1.77. The molecule has 0 radical (unpaired) electrons. The number of amides is 1. The Morgan fingerprint density at radius 3 is 2.59 bits per heavy atom. The molecule has 10 heteroatoms. The fourth-order valence-corrected chi connectivity index (χ4v) is 4.67. The molecule has 2 N–H and O–H groups in total. The van der Waals surface area contributed by atoms with Crippen molar-refractivity contribution >= 4 is 27.5 Å². The molecular formula is C22H26N6O3S. The fourth-order valence-electron chi connectivity index (χ4n) is 3.94. The second-order valence-electron chi connectivity index (χ2n) is 7.64. The number of nitrogens with one attached hydrogen (secondary N) is 2. The van der Waals surface area contributed by atoms with Crippen LogP contribution in [0.25, 0.3) is 0 Å². The van der Waals surface area contributed by atoms with Crippen molar-refractivity contribution in [1.82, 2.24) is 20.4 Å². The molecule has 9 nitrogen and oxygen atoms in total. The van der Waals surface area contributed by atoms with Gasteiger partial charge in [0, 0.05) is 25.3 Å². The Balaban J connectivity index is 1.31. The number of carbonyl (C=O) groups is 1. The first-order chi connectivity index (χ1) is 15.7. The lowest BCUT2D eigenvalue weighted by Crippen LogP contribution is -2.25. The molecule has 0 saturated heterocycles.